The molecule has 2 atom stereocenters. The summed E-state index contributed by atoms with van der Waals surface area (Å²) < 4.78 is 5.19. The van der Waals surface area contributed by atoms with E-state index in [1.165, 1.54) is 11.1 Å². The summed E-state index contributed by atoms with van der Waals surface area (Å²) in [5.74, 6) is 2.24. The topological polar surface area (TPSA) is 29.5 Å². The van der Waals surface area contributed by atoms with Gasteiger partial charge in [0, 0.05) is 0 Å². The zero-order chi connectivity index (χ0) is 14.5. The molecule has 0 heterocycles. The van der Waals surface area contributed by atoms with Crippen LogP contribution in [0, 0.1) is 5.92 Å². The summed E-state index contributed by atoms with van der Waals surface area (Å²) >= 11 is 0. The van der Waals surface area contributed by atoms with Crippen LogP contribution < -0.4 is 4.74 Å². The Morgan fingerprint density at radius 2 is 1.55 bits per heavy atom. The molecule has 106 valence electrons. The number of phenolic OH excluding ortho intramolecular Hbond substituents is 1. The third kappa shape index (κ3) is 3.53. The van der Waals surface area contributed by atoms with E-state index in [1.807, 2.05) is 24.3 Å². The lowest BCUT2D eigenvalue weighted by molar-refractivity contribution is 0.414. The fourth-order valence-corrected chi connectivity index (χ4v) is 2.42. The largest absolute Gasteiger partial charge is 0.508 e. The highest BCUT2D eigenvalue weighted by Gasteiger charge is 2.15. The summed E-state index contributed by atoms with van der Waals surface area (Å²) in [6, 6.07) is 15.8. The van der Waals surface area contributed by atoms with E-state index in [0.717, 1.165) is 12.2 Å². The van der Waals surface area contributed by atoms with E-state index in [2.05, 4.69) is 26.0 Å². The van der Waals surface area contributed by atoms with Gasteiger partial charge < -0.3 is 9.84 Å². The average molecular weight is 270 g/mol. The molecule has 1 N–H and O–H groups in total. The summed E-state index contributed by atoms with van der Waals surface area (Å²) in [6.45, 7) is 4.52. The van der Waals surface area contributed by atoms with Crippen LogP contribution in [-0.2, 0) is 6.42 Å². The van der Waals surface area contributed by atoms with E-state index in [0.29, 0.717) is 17.6 Å². The Bertz CT molecular complexity index is 528. The van der Waals surface area contributed by atoms with Crippen LogP contribution in [0.2, 0.25) is 0 Å². The minimum atomic E-state index is 0.324. The van der Waals surface area contributed by atoms with Gasteiger partial charge in [-0.1, -0.05) is 38.1 Å². The minimum Gasteiger partial charge on any atom is -0.508 e. The van der Waals surface area contributed by atoms with Crippen molar-refractivity contribution in [1.82, 2.24) is 0 Å². The van der Waals surface area contributed by atoms with Crippen molar-refractivity contribution in [2.75, 3.05) is 7.11 Å². The summed E-state index contributed by atoms with van der Waals surface area (Å²) in [6.07, 6.45) is 1.01. The molecule has 0 bridgehead atoms. The summed E-state index contributed by atoms with van der Waals surface area (Å²) in [4.78, 5) is 0. The van der Waals surface area contributed by atoms with Crippen LogP contribution in [0.15, 0.2) is 48.5 Å². The van der Waals surface area contributed by atoms with Gasteiger partial charge in [0.1, 0.15) is 11.5 Å². The predicted octanol–water partition coefficient (Wildman–Crippen LogP) is 4.38. The fourth-order valence-electron chi connectivity index (χ4n) is 2.42. The molecule has 0 aromatic heterocycles. The SMILES string of the molecule is COc1ccc(C(C)C(C)Cc2ccc(O)cc2)cc1. The molecule has 0 saturated heterocycles. The monoisotopic (exact) mass is 270 g/mol. The molecule has 0 amide bonds. The number of hydrogen-bond donors (Lipinski definition) is 1. The fraction of sp³-hybridized carbons (Fsp3) is 0.333. The zero-order valence-electron chi connectivity index (χ0n) is 12.3. The number of phenols is 1. The summed E-state index contributed by atoms with van der Waals surface area (Å²) in [5, 5.41) is 9.32. The number of rotatable bonds is 5. The van der Waals surface area contributed by atoms with Crippen molar-refractivity contribution in [3.05, 3.63) is 59.7 Å². The molecular weight excluding hydrogens is 248 g/mol. The number of aromatic hydroxyl groups is 1. The second-order valence-corrected chi connectivity index (χ2v) is 5.41. The van der Waals surface area contributed by atoms with E-state index in [9.17, 15) is 5.11 Å². The maximum atomic E-state index is 9.32. The predicted molar refractivity (Wildman–Crippen MR) is 82.4 cm³/mol. The van der Waals surface area contributed by atoms with Gasteiger partial charge in [0.25, 0.3) is 0 Å². The van der Waals surface area contributed by atoms with Gasteiger partial charge in [0.2, 0.25) is 0 Å². The van der Waals surface area contributed by atoms with E-state index in [-0.39, 0.29) is 0 Å². The lowest BCUT2D eigenvalue weighted by atomic mass is 9.85. The molecule has 0 radical (unpaired) electrons. The van der Waals surface area contributed by atoms with Crippen LogP contribution >= 0.6 is 0 Å². The minimum absolute atomic E-state index is 0.324. The van der Waals surface area contributed by atoms with Crippen molar-refractivity contribution in [3.63, 3.8) is 0 Å². The normalized spacial score (nSPS) is 13.8. The van der Waals surface area contributed by atoms with Crippen molar-refractivity contribution >= 4 is 0 Å². The van der Waals surface area contributed by atoms with Crippen molar-refractivity contribution < 1.29 is 9.84 Å². The molecule has 0 aliphatic carbocycles. The third-order valence-electron chi connectivity index (χ3n) is 3.99. The van der Waals surface area contributed by atoms with E-state index in [4.69, 9.17) is 4.74 Å². The summed E-state index contributed by atoms with van der Waals surface area (Å²) in [7, 11) is 1.69. The molecule has 0 aliphatic rings. The van der Waals surface area contributed by atoms with Gasteiger partial charge in [0.05, 0.1) is 7.11 Å². The maximum Gasteiger partial charge on any atom is 0.118 e. The lowest BCUT2D eigenvalue weighted by Gasteiger charge is -2.20. The molecule has 0 fully saturated rings. The average Bonchev–Trinajstić information content (AvgIpc) is 2.49. The number of hydrogen-bond acceptors (Lipinski definition) is 2. The number of ether oxygens (including phenoxy) is 1. The molecule has 2 rings (SSSR count). The molecule has 0 spiro atoms. The molecule has 20 heavy (non-hydrogen) atoms. The molecular formula is C18H22O2. The molecule has 2 unspecified atom stereocenters. The van der Waals surface area contributed by atoms with Gasteiger partial charge in [-0.2, -0.15) is 0 Å². The van der Waals surface area contributed by atoms with Crippen LogP contribution in [0.1, 0.15) is 30.9 Å². The highest BCUT2D eigenvalue weighted by Crippen LogP contribution is 2.28. The first kappa shape index (κ1) is 14.4. The zero-order valence-corrected chi connectivity index (χ0v) is 12.3. The highest BCUT2D eigenvalue weighted by molar-refractivity contribution is 5.30. The standard InChI is InChI=1S/C18H22O2/c1-13(12-15-4-8-17(19)9-5-15)14(2)16-6-10-18(20-3)11-7-16/h4-11,13-14,19H,12H2,1-3H3. The van der Waals surface area contributed by atoms with Gasteiger partial charge in [0.15, 0.2) is 0 Å². The number of methoxy groups -OCH3 is 1. The molecule has 2 aromatic rings. The Labute approximate surface area is 121 Å². The van der Waals surface area contributed by atoms with Crippen molar-refractivity contribution in [2.24, 2.45) is 5.92 Å². The van der Waals surface area contributed by atoms with Crippen LogP contribution in [-0.4, -0.2) is 12.2 Å². The smallest absolute Gasteiger partial charge is 0.118 e. The van der Waals surface area contributed by atoms with Gasteiger partial charge in [-0.15, -0.1) is 0 Å². The second kappa shape index (κ2) is 6.47. The van der Waals surface area contributed by atoms with Gasteiger partial charge in [-0.25, -0.2) is 0 Å². The van der Waals surface area contributed by atoms with Gasteiger partial charge in [-0.3, -0.25) is 0 Å². The Morgan fingerprint density at radius 1 is 0.950 bits per heavy atom. The third-order valence-corrected chi connectivity index (χ3v) is 3.99. The Morgan fingerprint density at radius 3 is 2.10 bits per heavy atom. The van der Waals surface area contributed by atoms with E-state index < -0.39 is 0 Å². The van der Waals surface area contributed by atoms with Crippen molar-refractivity contribution in [2.45, 2.75) is 26.2 Å². The van der Waals surface area contributed by atoms with Gasteiger partial charge in [-0.05, 0) is 53.6 Å². The van der Waals surface area contributed by atoms with E-state index >= 15 is 0 Å². The van der Waals surface area contributed by atoms with Crippen LogP contribution in [0.5, 0.6) is 11.5 Å². The highest BCUT2D eigenvalue weighted by atomic mass is 16.5. The summed E-state index contributed by atoms with van der Waals surface area (Å²) in [5.41, 5.74) is 2.59. The van der Waals surface area contributed by atoms with Crippen molar-refractivity contribution in [1.29, 1.82) is 0 Å². The number of benzene rings is 2. The van der Waals surface area contributed by atoms with Crippen LogP contribution in [0.4, 0.5) is 0 Å². The Kier molecular flexibility index (Phi) is 4.67. The molecule has 2 nitrogen and oxygen atoms in total. The Balaban J connectivity index is 2.03. The van der Waals surface area contributed by atoms with Crippen LogP contribution in [0.3, 0.4) is 0 Å². The molecule has 0 aliphatic heterocycles. The van der Waals surface area contributed by atoms with Crippen LogP contribution in [0.25, 0.3) is 0 Å². The quantitative estimate of drug-likeness (QED) is 0.873. The van der Waals surface area contributed by atoms with Crippen molar-refractivity contribution in [3.8, 4) is 11.5 Å². The Hall–Kier alpha value is -1.96. The van der Waals surface area contributed by atoms with E-state index in [1.54, 1.807) is 19.2 Å². The molecule has 2 aromatic carbocycles. The first-order valence-corrected chi connectivity index (χ1v) is 7.02. The molecule has 0 saturated carbocycles. The van der Waals surface area contributed by atoms with Gasteiger partial charge >= 0.3 is 0 Å². The second-order valence-electron chi connectivity index (χ2n) is 5.41. The lowest BCUT2D eigenvalue weighted by Crippen LogP contribution is -2.09. The first-order valence-electron chi connectivity index (χ1n) is 7.02. The first-order chi connectivity index (χ1) is 9.60. The molecule has 2 heteroatoms. The maximum absolute atomic E-state index is 9.32.